The second-order valence-electron chi connectivity index (χ2n) is 2.41. The SMILES string of the molecule is CCCC/C=N/N(C)CC. The number of hydrogen-bond donors (Lipinski definition) is 0. The van der Waals surface area contributed by atoms with Crippen LogP contribution in [0.1, 0.15) is 33.1 Å². The molecule has 0 saturated heterocycles. The van der Waals surface area contributed by atoms with Gasteiger partial charge < -0.3 is 5.01 Å². The lowest BCUT2D eigenvalue weighted by Crippen LogP contribution is -2.09. The van der Waals surface area contributed by atoms with Crippen molar-refractivity contribution in [2.24, 2.45) is 5.10 Å². The molecule has 2 heteroatoms. The molecular weight excluding hydrogens is 124 g/mol. The van der Waals surface area contributed by atoms with Gasteiger partial charge in [0.15, 0.2) is 0 Å². The van der Waals surface area contributed by atoms with Gasteiger partial charge >= 0.3 is 0 Å². The third-order valence-corrected chi connectivity index (χ3v) is 1.42. The minimum atomic E-state index is 0.989. The Morgan fingerprint density at radius 3 is 2.60 bits per heavy atom. The van der Waals surface area contributed by atoms with Crippen molar-refractivity contribution in [2.45, 2.75) is 33.1 Å². The molecule has 0 atom stereocenters. The van der Waals surface area contributed by atoms with Crippen molar-refractivity contribution in [3.05, 3.63) is 0 Å². The van der Waals surface area contributed by atoms with Crippen molar-refractivity contribution < 1.29 is 0 Å². The largest absolute Gasteiger partial charge is 0.301 e. The van der Waals surface area contributed by atoms with E-state index >= 15 is 0 Å². The summed E-state index contributed by atoms with van der Waals surface area (Å²) in [4.78, 5) is 0. The van der Waals surface area contributed by atoms with Crippen LogP contribution in [0.15, 0.2) is 5.10 Å². The van der Waals surface area contributed by atoms with Crippen LogP contribution in [0.25, 0.3) is 0 Å². The molecule has 0 N–H and O–H groups in total. The highest BCUT2D eigenvalue weighted by Crippen LogP contribution is 1.90. The molecule has 0 bridgehead atoms. The summed E-state index contributed by atoms with van der Waals surface area (Å²) >= 11 is 0. The molecule has 0 spiro atoms. The molecule has 0 fully saturated rings. The predicted molar refractivity (Wildman–Crippen MR) is 46.3 cm³/mol. The van der Waals surface area contributed by atoms with Gasteiger partial charge in [0.1, 0.15) is 0 Å². The molecule has 0 amide bonds. The first-order valence-electron chi connectivity index (χ1n) is 4.04. The number of unbranched alkanes of at least 4 members (excludes halogenated alkanes) is 2. The highest BCUT2D eigenvalue weighted by Gasteiger charge is 1.82. The average Bonchev–Trinajstić information content (AvgIpc) is 1.98. The zero-order chi connectivity index (χ0) is 7.82. The van der Waals surface area contributed by atoms with Gasteiger partial charge in [0.2, 0.25) is 0 Å². The monoisotopic (exact) mass is 142 g/mol. The van der Waals surface area contributed by atoms with Gasteiger partial charge in [0.25, 0.3) is 0 Å². The number of rotatable bonds is 5. The van der Waals surface area contributed by atoms with Gasteiger partial charge in [0.05, 0.1) is 0 Å². The molecule has 0 aromatic heterocycles. The topological polar surface area (TPSA) is 15.6 Å². The van der Waals surface area contributed by atoms with Crippen molar-refractivity contribution in [3.8, 4) is 0 Å². The lowest BCUT2D eigenvalue weighted by Gasteiger charge is -2.07. The van der Waals surface area contributed by atoms with E-state index in [0.29, 0.717) is 0 Å². The smallest absolute Gasteiger partial charge is 0.0328 e. The summed E-state index contributed by atoms with van der Waals surface area (Å²) in [5, 5.41) is 6.13. The highest BCUT2D eigenvalue weighted by atomic mass is 15.4. The molecule has 0 aliphatic carbocycles. The van der Waals surface area contributed by atoms with E-state index < -0.39 is 0 Å². The minimum absolute atomic E-state index is 0.989. The zero-order valence-electron chi connectivity index (χ0n) is 7.30. The Balaban J connectivity index is 3.18. The molecule has 0 radical (unpaired) electrons. The van der Waals surface area contributed by atoms with Gasteiger partial charge in [-0.2, -0.15) is 5.10 Å². The lowest BCUT2D eigenvalue weighted by atomic mass is 10.3. The quantitative estimate of drug-likeness (QED) is 0.326. The summed E-state index contributed by atoms with van der Waals surface area (Å²) in [6.07, 6.45) is 5.61. The fourth-order valence-corrected chi connectivity index (χ4v) is 0.574. The average molecular weight is 142 g/mol. The first-order chi connectivity index (χ1) is 4.81. The van der Waals surface area contributed by atoms with Crippen molar-refractivity contribution in [1.82, 2.24) is 5.01 Å². The molecule has 0 aliphatic heterocycles. The van der Waals surface area contributed by atoms with Crippen molar-refractivity contribution in [2.75, 3.05) is 13.6 Å². The fraction of sp³-hybridized carbons (Fsp3) is 0.875. The third-order valence-electron chi connectivity index (χ3n) is 1.42. The second-order valence-corrected chi connectivity index (χ2v) is 2.41. The zero-order valence-corrected chi connectivity index (χ0v) is 7.30. The van der Waals surface area contributed by atoms with E-state index in [2.05, 4.69) is 18.9 Å². The van der Waals surface area contributed by atoms with Crippen molar-refractivity contribution in [1.29, 1.82) is 0 Å². The standard InChI is InChI=1S/C8H18N2/c1-4-6-7-8-9-10(3)5-2/h8H,4-7H2,1-3H3/b9-8+. The van der Waals surface area contributed by atoms with Crippen molar-refractivity contribution in [3.63, 3.8) is 0 Å². The summed E-state index contributed by atoms with van der Waals surface area (Å²) in [6.45, 7) is 5.27. The van der Waals surface area contributed by atoms with Crippen LogP contribution in [0.3, 0.4) is 0 Å². The van der Waals surface area contributed by atoms with E-state index in [4.69, 9.17) is 0 Å². The molecule has 0 aromatic rings. The normalized spacial score (nSPS) is 10.7. The van der Waals surface area contributed by atoms with Crippen LogP contribution in [0, 0.1) is 0 Å². The van der Waals surface area contributed by atoms with Gasteiger partial charge in [-0.05, 0) is 19.8 Å². The van der Waals surface area contributed by atoms with Crippen LogP contribution in [0.4, 0.5) is 0 Å². The first-order valence-corrected chi connectivity index (χ1v) is 4.04. The first kappa shape index (κ1) is 9.47. The molecule has 0 saturated carbocycles. The van der Waals surface area contributed by atoms with Crippen LogP contribution in [-0.4, -0.2) is 24.8 Å². The molecule has 10 heavy (non-hydrogen) atoms. The van der Waals surface area contributed by atoms with E-state index in [1.807, 2.05) is 18.3 Å². The molecule has 0 rings (SSSR count). The predicted octanol–water partition coefficient (Wildman–Crippen LogP) is 2.11. The maximum Gasteiger partial charge on any atom is 0.0328 e. The van der Waals surface area contributed by atoms with Gasteiger partial charge in [-0.3, -0.25) is 0 Å². The Kier molecular flexibility index (Phi) is 6.24. The maximum absolute atomic E-state index is 4.19. The van der Waals surface area contributed by atoms with E-state index in [9.17, 15) is 0 Å². The van der Waals surface area contributed by atoms with Gasteiger partial charge in [-0.15, -0.1) is 0 Å². The summed E-state index contributed by atoms with van der Waals surface area (Å²) in [6, 6.07) is 0. The van der Waals surface area contributed by atoms with Crippen LogP contribution in [-0.2, 0) is 0 Å². The van der Waals surface area contributed by atoms with Crippen LogP contribution in [0.2, 0.25) is 0 Å². The van der Waals surface area contributed by atoms with E-state index in [0.717, 1.165) is 13.0 Å². The van der Waals surface area contributed by atoms with E-state index in [1.54, 1.807) is 0 Å². The Morgan fingerprint density at radius 2 is 2.10 bits per heavy atom. The molecule has 60 valence electrons. The fourth-order valence-electron chi connectivity index (χ4n) is 0.574. The Bertz CT molecular complexity index is 89.3. The van der Waals surface area contributed by atoms with Gasteiger partial charge in [-0.1, -0.05) is 13.3 Å². The molecule has 0 unspecified atom stereocenters. The summed E-state index contributed by atoms with van der Waals surface area (Å²) in [5.74, 6) is 0. The number of nitrogens with zero attached hydrogens (tertiary/aromatic N) is 2. The van der Waals surface area contributed by atoms with E-state index in [1.165, 1.54) is 12.8 Å². The Labute approximate surface area is 63.9 Å². The van der Waals surface area contributed by atoms with Gasteiger partial charge in [-0.25, -0.2) is 0 Å². The molecule has 0 aromatic carbocycles. The molecule has 0 aliphatic rings. The van der Waals surface area contributed by atoms with Crippen LogP contribution >= 0.6 is 0 Å². The summed E-state index contributed by atoms with van der Waals surface area (Å²) < 4.78 is 0. The van der Waals surface area contributed by atoms with Crippen LogP contribution in [0.5, 0.6) is 0 Å². The Hall–Kier alpha value is -0.530. The van der Waals surface area contributed by atoms with E-state index in [-0.39, 0.29) is 0 Å². The number of hydrazone groups is 1. The van der Waals surface area contributed by atoms with Crippen LogP contribution < -0.4 is 0 Å². The lowest BCUT2D eigenvalue weighted by molar-refractivity contribution is 0.376. The molecule has 2 nitrogen and oxygen atoms in total. The maximum atomic E-state index is 4.19. The van der Waals surface area contributed by atoms with Gasteiger partial charge in [0, 0.05) is 19.8 Å². The number of hydrogen-bond acceptors (Lipinski definition) is 2. The minimum Gasteiger partial charge on any atom is -0.301 e. The van der Waals surface area contributed by atoms with Crippen molar-refractivity contribution >= 4 is 6.21 Å². The second kappa shape index (κ2) is 6.59. The molecular formula is C8H18N2. The molecule has 0 heterocycles. The summed E-state index contributed by atoms with van der Waals surface area (Å²) in [5.41, 5.74) is 0. The summed E-state index contributed by atoms with van der Waals surface area (Å²) in [7, 11) is 1.99. The third kappa shape index (κ3) is 5.60. The Morgan fingerprint density at radius 1 is 1.40 bits per heavy atom. The highest BCUT2D eigenvalue weighted by molar-refractivity contribution is 5.56.